The summed E-state index contributed by atoms with van der Waals surface area (Å²) in [6.45, 7) is 8.97. The molecular weight excluding hydrogens is 500 g/mol. The molecule has 0 bridgehead atoms. The Bertz CT molecular complexity index is 1200. The van der Waals surface area contributed by atoms with Gasteiger partial charge in [0.2, 0.25) is 5.82 Å². The van der Waals surface area contributed by atoms with Crippen LogP contribution in [-0.4, -0.2) is 70.0 Å². The standard InChI is InChI=1S/C26H35F2N5O5/c1-7-33-21-13-32(12-20(21)29-23(33)24(34)31(5)36-6)16-11-19(30-25(35)38-26(2,3)4)22(37-14-16)17-10-15(27)8-9-18(17)28/h8-10,16,19,22H,7,11-14H2,1-6H3,(H,30,35)/t16-,19+,22-/m1/s1. The number of hydrogen-bond donors (Lipinski definition) is 1. The SMILES string of the molecule is CCn1c(C(=O)N(C)OC)nc2c1CN([C@H]1CO[C@H](c3cc(F)ccc3F)[C@@H](NC(=O)OC(C)(C)C)C1)C2. The van der Waals surface area contributed by atoms with Gasteiger partial charge in [-0.25, -0.2) is 23.6 Å². The van der Waals surface area contributed by atoms with Gasteiger partial charge in [0.15, 0.2) is 0 Å². The summed E-state index contributed by atoms with van der Waals surface area (Å²) < 4.78 is 42.1. The van der Waals surface area contributed by atoms with E-state index in [2.05, 4.69) is 15.2 Å². The number of halogens is 2. The van der Waals surface area contributed by atoms with Gasteiger partial charge >= 0.3 is 12.0 Å². The molecule has 2 aromatic rings. The van der Waals surface area contributed by atoms with Crippen LogP contribution in [0, 0.1) is 11.6 Å². The first-order valence-corrected chi connectivity index (χ1v) is 12.6. The van der Waals surface area contributed by atoms with E-state index in [1.807, 2.05) is 11.5 Å². The molecule has 1 saturated heterocycles. The zero-order valence-electron chi connectivity index (χ0n) is 22.6. The average Bonchev–Trinajstić information content (AvgIpc) is 3.41. The Balaban J connectivity index is 1.54. The predicted molar refractivity (Wildman–Crippen MR) is 133 cm³/mol. The summed E-state index contributed by atoms with van der Waals surface area (Å²) in [7, 11) is 2.95. The van der Waals surface area contributed by atoms with Crippen molar-refractivity contribution in [2.24, 2.45) is 0 Å². The lowest BCUT2D eigenvalue weighted by Crippen LogP contribution is -2.52. The Kier molecular flexibility index (Phi) is 8.05. The van der Waals surface area contributed by atoms with Crippen molar-refractivity contribution in [1.29, 1.82) is 0 Å². The molecule has 0 unspecified atom stereocenters. The topological polar surface area (TPSA) is 98.2 Å². The molecule has 2 aliphatic heterocycles. The van der Waals surface area contributed by atoms with Crippen LogP contribution in [0.25, 0.3) is 0 Å². The van der Waals surface area contributed by atoms with Crippen molar-refractivity contribution in [3.05, 3.63) is 52.6 Å². The fraction of sp³-hybridized carbons (Fsp3) is 0.577. The lowest BCUT2D eigenvalue weighted by molar-refractivity contribution is -0.0768. The van der Waals surface area contributed by atoms with Gasteiger partial charge < -0.3 is 19.4 Å². The van der Waals surface area contributed by atoms with Crippen LogP contribution < -0.4 is 5.32 Å². The molecule has 3 atom stereocenters. The Morgan fingerprint density at radius 2 is 2.00 bits per heavy atom. The molecule has 4 rings (SSSR count). The van der Waals surface area contributed by atoms with Crippen molar-refractivity contribution in [1.82, 2.24) is 24.8 Å². The number of nitrogens with zero attached hydrogens (tertiary/aromatic N) is 4. The maximum Gasteiger partial charge on any atom is 0.407 e. The fourth-order valence-corrected chi connectivity index (χ4v) is 4.97. The number of amides is 2. The highest BCUT2D eigenvalue weighted by atomic mass is 19.1. The third-order valence-electron chi connectivity index (χ3n) is 6.77. The number of ether oxygens (including phenoxy) is 2. The number of carbonyl (C=O) groups excluding carboxylic acids is 2. The van der Waals surface area contributed by atoms with E-state index in [-0.39, 0.29) is 24.1 Å². The minimum absolute atomic E-state index is 0.0405. The maximum atomic E-state index is 14.7. The van der Waals surface area contributed by atoms with Crippen molar-refractivity contribution >= 4 is 12.0 Å². The van der Waals surface area contributed by atoms with Crippen LogP contribution in [0.2, 0.25) is 0 Å². The minimum Gasteiger partial charge on any atom is -0.444 e. The zero-order valence-corrected chi connectivity index (χ0v) is 22.6. The first-order valence-electron chi connectivity index (χ1n) is 12.6. The molecule has 1 aromatic carbocycles. The van der Waals surface area contributed by atoms with Gasteiger partial charge in [0.05, 0.1) is 31.1 Å². The first kappa shape index (κ1) is 27.9. The number of carbonyl (C=O) groups is 2. The molecule has 0 saturated carbocycles. The highest BCUT2D eigenvalue weighted by Gasteiger charge is 2.41. The average molecular weight is 536 g/mol. The summed E-state index contributed by atoms with van der Waals surface area (Å²) in [6, 6.07) is 2.37. The molecule has 2 amide bonds. The Labute approximate surface area is 220 Å². The Morgan fingerprint density at radius 1 is 1.26 bits per heavy atom. The lowest BCUT2D eigenvalue weighted by atomic mass is 9.92. The summed E-state index contributed by atoms with van der Waals surface area (Å²) >= 11 is 0. The summed E-state index contributed by atoms with van der Waals surface area (Å²) in [5.41, 5.74) is 1.02. The molecule has 38 heavy (non-hydrogen) atoms. The van der Waals surface area contributed by atoms with Crippen molar-refractivity contribution in [2.45, 2.75) is 77.5 Å². The van der Waals surface area contributed by atoms with E-state index in [9.17, 15) is 18.4 Å². The molecule has 0 radical (unpaired) electrons. The number of benzene rings is 1. The quantitative estimate of drug-likeness (QED) is 0.565. The van der Waals surface area contributed by atoms with Gasteiger partial charge in [0.1, 0.15) is 23.3 Å². The maximum absolute atomic E-state index is 14.7. The molecule has 12 heteroatoms. The molecule has 0 spiro atoms. The summed E-state index contributed by atoms with van der Waals surface area (Å²) in [6.07, 6.45) is -1.15. The largest absolute Gasteiger partial charge is 0.444 e. The number of rotatable bonds is 6. The minimum atomic E-state index is -0.893. The summed E-state index contributed by atoms with van der Waals surface area (Å²) in [4.78, 5) is 37.1. The summed E-state index contributed by atoms with van der Waals surface area (Å²) in [5.74, 6) is -1.23. The number of imidazole rings is 1. The van der Waals surface area contributed by atoms with Crippen LogP contribution in [0.5, 0.6) is 0 Å². The zero-order chi connectivity index (χ0) is 27.8. The molecule has 0 aliphatic carbocycles. The first-order chi connectivity index (χ1) is 17.9. The van der Waals surface area contributed by atoms with E-state index in [0.29, 0.717) is 31.9 Å². The van der Waals surface area contributed by atoms with Crippen LogP contribution in [-0.2, 0) is 33.9 Å². The molecule has 3 heterocycles. The van der Waals surface area contributed by atoms with Gasteiger partial charge in [-0.3, -0.25) is 14.5 Å². The Morgan fingerprint density at radius 3 is 2.66 bits per heavy atom. The van der Waals surface area contributed by atoms with Gasteiger partial charge in [0.25, 0.3) is 0 Å². The van der Waals surface area contributed by atoms with Crippen molar-refractivity contribution in [3.63, 3.8) is 0 Å². The third-order valence-corrected chi connectivity index (χ3v) is 6.77. The molecule has 1 aromatic heterocycles. The van der Waals surface area contributed by atoms with Crippen molar-refractivity contribution in [3.8, 4) is 0 Å². The molecule has 10 nitrogen and oxygen atoms in total. The second-order valence-electron chi connectivity index (χ2n) is 10.5. The van der Waals surface area contributed by atoms with Crippen LogP contribution in [0.4, 0.5) is 13.6 Å². The lowest BCUT2D eigenvalue weighted by Gasteiger charge is -2.40. The van der Waals surface area contributed by atoms with E-state index in [1.165, 1.54) is 14.2 Å². The number of alkyl carbamates (subject to hydrolysis) is 1. The number of fused-ring (bicyclic) bond motifs is 1. The smallest absolute Gasteiger partial charge is 0.407 e. The van der Waals surface area contributed by atoms with Gasteiger partial charge in [0, 0.05) is 38.3 Å². The van der Waals surface area contributed by atoms with Crippen LogP contribution in [0.15, 0.2) is 18.2 Å². The van der Waals surface area contributed by atoms with Crippen molar-refractivity contribution < 1.29 is 32.7 Å². The van der Waals surface area contributed by atoms with Crippen LogP contribution in [0.3, 0.4) is 0 Å². The van der Waals surface area contributed by atoms with Crippen LogP contribution >= 0.6 is 0 Å². The molecule has 1 fully saturated rings. The number of hydrogen-bond acceptors (Lipinski definition) is 7. The van der Waals surface area contributed by atoms with E-state index < -0.39 is 35.5 Å². The van der Waals surface area contributed by atoms with Gasteiger partial charge in [-0.05, 0) is 52.3 Å². The normalized spacial score (nSPS) is 21.7. The van der Waals surface area contributed by atoms with E-state index in [4.69, 9.17) is 14.3 Å². The van der Waals surface area contributed by atoms with E-state index in [1.54, 1.807) is 20.8 Å². The number of nitrogens with one attached hydrogen (secondary N) is 1. The van der Waals surface area contributed by atoms with Gasteiger partial charge in [-0.2, -0.15) is 0 Å². The second kappa shape index (κ2) is 11.0. The molecular formula is C26H35F2N5O5. The molecule has 1 N–H and O–H groups in total. The fourth-order valence-electron chi connectivity index (χ4n) is 4.97. The van der Waals surface area contributed by atoms with E-state index in [0.717, 1.165) is 34.7 Å². The van der Waals surface area contributed by atoms with Crippen molar-refractivity contribution in [2.75, 3.05) is 20.8 Å². The summed E-state index contributed by atoms with van der Waals surface area (Å²) in [5, 5.41) is 3.95. The predicted octanol–water partition coefficient (Wildman–Crippen LogP) is 3.55. The van der Waals surface area contributed by atoms with Gasteiger partial charge in [-0.1, -0.05) is 0 Å². The van der Waals surface area contributed by atoms with E-state index >= 15 is 0 Å². The number of aromatic nitrogens is 2. The molecule has 2 aliphatic rings. The second-order valence-corrected chi connectivity index (χ2v) is 10.5. The van der Waals surface area contributed by atoms with Crippen LogP contribution in [0.1, 0.15) is 67.8 Å². The molecule has 208 valence electrons. The van der Waals surface area contributed by atoms with Gasteiger partial charge in [-0.15, -0.1) is 0 Å². The highest BCUT2D eigenvalue weighted by molar-refractivity contribution is 5.90. The highest BCUT2D eigenvalue weighted by Crippen LogP contribution is 2.35. The number of hydroxylamine groups is 2. The third kappa shape index (κ3) is 5.82. The Hall–Kier alpha value is -3.09. The monoisotopic (exact) mass is 535 g/mol.